The maximum atomic E-state index is 12.6. The van der Waals surface area contributed by atoms with E-state index in [0.717, 1.165) is 30.8 Å². The summed E-state index contributed by atoms with van der Waals surface area (Å²) >= 11 is 0. The third kappa shape index (κ3) is 4.23. The van der Waals surface area contributed by atoms with Gasteiger partial charge >= 0.3 is 0 Å². The number of rotatable bonds is 5. The van der Waals surface area contributed by atoms with Crippen LogP contribution in [-0.4, -0.2) is 30.9 Å². The van der Waals surface area contributed by atoms with Gasteiger partial charge in [-0.05, 0) is 62.6 Å². The van der Waals surface area contributed by atoms with Crippen molar-refractivity contribution in [2.75, 3.05) is 23.3 Å². The molecule has 0 aromatic heterocycles. The molecule has 0 spiro atoms. The summed E-state index contributed by atoms with van der Waals surface area (Å²) in [6, 6.07) is 15.4. The first-order valence-corrected chi connectivity index (χ1v) is 9.07. The topological polar surface area (TPSA) is 61.4 Å². The van der Waals surface area contributed by atoms with Crippen LogP contribution in [0.5, 0.6) is 0 Å². The van der Waals surface area contributed by atoms with Crippen LogP contribution in [0.3, 0.4) is 0 Å². The fourth-order valence-electron chi connectivity index (χ4n) is 3.15. The van der Waals surface area contributed by atoms with Crippen LogP contribution in [0.15, 0.2) is 48.5 Å². The summed E-state index contributed by atoms with van der Waals surface area (Å²) in [6.45, 7) is 4.84. The van der Waals surface area contributed by atoms with Gasteiger partial charge in [0, 0.05) is 29.5 Å². The first kappa shape index (κ1) is 18.0. The van der Waals surface area contributed by atoms with Gasteiger partial charge in [-0.1, -0.05) is 18.2 Å². The second-order valence-electron chi connectivity index (χ2n) is 6.84. The lowest BCUT2D eigenvalue weighted by Crippen LogP contribution is -2.39. The zero-order valence-corrected chi connectivity index (χ0v) is 15.3. The van der Waals surface area contributed by atoms with E-state index in [0.29, 0.717) is 5.56 Å². The number of nitrogens with zero attached hydrogens (tertiary/aromatic N) is 1. The Balaban J connectivity index is 1.59. The summed E-state index contributed by atoms with van der Waals surface area (Å²) in [5, 5.41) is 6.02. The summed E-state index contributed by atoms with van der Waals surface area (Å²) in [5.74, 6) is -0.0358. The Morgan fingerprint density at radius 1 is 1.08 bits per heavy atom. The van der Waals surface area contributed by atoms with Gasteiger partial charge in [-0.2, -0.15) is 0 Å². The highest BCUT2D eigenvalue weighted by molar-refractivity contribution is 5.97. The van der Waals surface area contributed by atoms with Gasteiger partial charge in [0.2, 0.25) is 5.91 Å². The summed E-state index contributed by atoms with van der Waals surface area (Å²) in [4.78, 5) is 26.5. The maximum absolute atomic E-state index is 12.6. The van der Waals surface area contributed by atoms with Crippen molar-refractivity contribution in [2.24, 2.45) is 0 Å². The van der Waals surface area contributed by atoms with Gasteiger partial charge in [-0.3, -0.25) is 9.59 Å². The van der Waals surface area contributed by atoms with E-state index in [2.05, 4.69) is 16.7 Å². The SMILES string of the molecule is CC(C)NC(=O)c1ccc(NCC(=O)N2CCCc3ccccc32)cc1. The van der Waals surface area contributed by atoms with E-state index < -0.39 is 0 Å². The van der Waals surface area contributed by atoms with Crippen LogP contribution < -0.4 is 15.5 Å². The van der Waals surface area contributed by atoms with E-state index in [9.17, 15) is 9.59 Å². The normalized spacial score (nSPS) is 13.3. The molecular weight excluding hydrogens is 326 g/mol. The Morgan fingerprint density at radius 3 is 2.54 bits per heavy atom. The largest absolute Gasteiger partial charge is 0.376 e. The molecular formula is C21H25N3O2. The van der Waals surface area contributed by atoms with Crippen LogP contribution in [-0.2, 0) is 11.2 Å². The number of amides is 2. The quantitative estimate of drug-likeness (QED) is 0.869. The smallest absolute Gasteiger partial charge is 0.251 e. The number of fused-ring (bicyclic) bond motifs is 1. The molecule has 1 aliphatic rings. The average Bonchev–Trinajstić information content (AvgIpc) is 2.65. The van der Waals surface area contributed by atoms with Crippen LogP contribution in [0.4, 0.5) is 11.4 Å². The van der Waals surface area contributed by atoms with E-state index >= 15 is 0 Å². The third-order valence-electron chi connectivity index (χ3n) is 4.42. The molecule has 0 saturated heterocycles. The van der Waals surface area contributed by atoms with Gasteiger partial charge in [-0.25, -0.2) is 0 Å². The van der Waals surface area contributed by atoms with Crippen LogP contribution in [0, 0.1) is 0 Å². The highest BCUT2D eigenvalue weighted by Gasteiger charge is 2.21. The van der Waals surface area contributed by atoms with Gasteiger partial charge in [0.05, 0.1) is 6.54 Å². The first-order chi connectivity index (χ1) is 12.5. The minimum Gasteiger partial charge on any atom is -0.376 e. The van der Waals surface area contributed by atoms with E-state index in [-0.39, 0.29) is 24.4 Å². The fourth-order valence-corrected chi connectivity index (χ4v) is 3.15. The first-order valence-electron chi connectivity index (χ1n) is 9.07. The molecule has 0 radical (unpaired) electrons. The van der Waals surface area contributed by atoms with Crippen LogP contribution in [0.25, 0.3) is 0 Å². The lowest BCUT2D eigenvalue weighted by Gasteiger charge is -2.29. The molecule has 2 aromatic carbocycles. The molecule has 1 heterocycles. The van der Waals surface area contributed by atoms with E-state index in [4.69, 9.17) is 0 Å². The van der Waals surface area contributed by atoms with Crippen LogP contribution in [0.1, 0.15) is 36.2 Å². The summed E-state index contributed by atoms with van der Waals surface area (Å²) in [6.07, 6.45) is 2.01. The zero-order chi connectivity index (χ0) is 18.5. The van der Waals surface area contributed by atoms with Gasteiger partial charge in [0.1, 0.15) is 0 Å². The van der Waals surface area contributed by atoms with Gasteiger partial charge in [0.25, 0.3) is 5.91 Å². The predicted octanol–water partition coefficient (Wildman–Crippen LogP) is 3.22. The third-order valence-corrected chi connectivity index (χ3v) is 4.42. The Bertz CT molecular complexity index is 784. The number of nitrogens with one attached hydrogen (secondary N) is 2. The molecule has 0 saturated carbocycles. The summed E-state index contributed by atoms with van der Waals surface area (Å²) in [5.41, 5.74) is 3.68. The number of hydrogen-bond acceptors (Lipinski definition) is 3. The standard InChI is InChI=1S/C21H25N3O2/c1-15(2)23-21(26)17-9-11-18(12-10-17)22-14-20(25)24-13-5-7-16-6-3-4-8-19(16)24/h3-4,6,8-12,15,22H,5,7,13-14H2,1-2H3,(H,23,26). The molecule has 1 aliphatic heterocycles. The molecule has 0 fully saturated rings. The van der Waals surface area contributed by atoms with E-state index in [1.807, 2.05) is 49.1 Å². The molecule has 5 heteroatoms. The summed E-state index contributed by atoms with van der Waals surface area (Å²) < 4.78 is 0. The molecule has 3 rings (SSSR count). The van der Waals surface area contributed by atoms with Gasteiger partial charge in [-0.15, -0.1) is 0 Å². The molecule has 0 unspecified atom stereocenters. The van der Waals surface area contributed by atoms with Crippen molar-refractivity contribution < 1.29 is 9.59 Å². The molecule has 2 aromatic rings. The molecule has 0 aliphatic carbocycles. The fraction of sp³-hybridized carbons (Fsp3) is 0.333. The molecule has 2 amide bonds. The molecule has 136 valence electrons. The summed E-state index contributed by atoms with van der Waals surface area (Å²) in [7, 11) is 0. The Kier molecular flexibility index (Phi) is 5.56. The minimum atomic E-state index is -0.0902. The number of anilines is 2. The van der Waals surface area contributed by atoms with Gasteiger partial charge in [0.15, 0.2) is 0 Å². The highest BCUT2D eigenvalue weighted by atomic mass is 16.2. The Hall–Kier alpha value is -2.82. The van der Waals surface area contributed by atoms with Gasteiger partial charge < -0.3 is 15.5 Å². The molecule has 0 bridgehead atoms. The van der Waals surface area contributed by atoms with Crippen molar-refractivity contribution in [1.29, 1.82) is 0 Å². The lowest BCUT2D eigenvalue weighted by molar-refractivity contribution is -0.117. The number of aryl methyl sites for hydroxylation is 1. The zero-order valence-electron chi connectivity index (χ0n) is 15.3. The average molecular weight is 351 g/mol. The van der Waals surface area contributed by atoms with Crippen molar-refractivity contribution in [3.63, 3.8) is 0 Å². The van der Waals surface area contributed by atoms with Crippen LogP contribution >= 0.6 is 0 Å². The van der Waals surface area contributed by atoms with Crippen molar-refractivity contribution in [3.05, 3.63) is 59.7 Å². The highest BCUT2D eigenvalue weighted by Crippen LogP contribution is 2.26. The van der Waals surface area contributed by atoms with Crippen molar-refractivity contribution >= 4 is 23.2 Å². The number of carbonyl (C=O) groups excluding carboxylic acids is 2. The molecule has 26 heavy (non-hydrogen) atoms. The number of carbonyl (C=O) groups is 2. The lowest BCUT2D eigenvalue weighted by atomic mass is 10.0. The second kappa shape index (κ2) is 8.04. The maximum Gasteiger partial charge on any atom is 0.251 e. The Labute approximate surface area is 154 Å². The predicted molar refractivity (Wildman–Crippen MR) is 105 cm³/mol. The van der Waals surface area contributed by atoms with E-state index in [1.165, 1.54) is 5.56 Å². The van der Waals surface area contributed by atoms with Crippen molar-refractivity contribution in [1.82, 2.24) is 5.32 Å². The Morgan fingerprint density at radius 2 is 1.81 bits per heavy atom. The second-order valence-corrected chi connectivity index (χ2v) is 6.84. The number of hydrogen-bond donors (Lipinski definition) is 2. The number of para-hydroxylation sites is 1. The monoisotopic (exact) mass is 351 g/mol. The van der Waals surface area contributed by atoms with Crippen molar-refractivity contribution in [2.45, 2.75) is 32.7 Å². The van der Waals surface area contributed by atoms with Crippen LogP contribution in [0.2, 0.25) is 0 Å². The van der Waals surface area contributed by atoms with E-state index in [1.54, 1.807) is 12.1 Å². The number of benzene rings is 2. The molecule has 5 nitrogen and oxygen atoms in total. The van der Waals surface area contributed by atoms with Crippen molar-refractivity contribution in [3.8, 4) is 0 Å². The molecule has 0 atom stereocenters. The molecule has 2 N–H and O–H groups in total. The minimum absolute atomic E-state index is 0.0544.